The number of benzene rings is 1. The second-order valence-corrected chi connectivity index (χ2v) is 7.18. The number of carbonyl (C=O) groups excluding carboxylic acids is 2. The van der Waals surface area contributed by atoms with E-state index in [9.17, 15) is 9.59 Å². The second-order valence-electron chi connectivity index (χ2n) is 7.18. The minimum absolute atomic E-state index is 0.00764. The summed E-state index contributed by atoms with van der Waals surface area (Å²) in [5.74, 6) is 0.570. The van der Waals surface area contributed by atoms with Crippen LogP contribution in [0.1, 0.15) is 48.5 Å². The lowest BCUT2D eigenvalue weighted by molar-refractivity contribution is -0.137. The smallest absolute Gasteiger partial charge is 0.339 e. The van der Waals surface area contributed by atoms with Gasteiger partial charge in [0.1, 0.15) is 11.4 Å². The van der Waals surface area contributed by atoms with Crippen molar-refractivity contribution in [1.29, 1.82) is 0 Å². The van der Waals surface area contributed by atoms with Crippen LogP contribution in [-0.4, -0.2) is 50.6 Å². The Hall–Kier alpha value is -2.08. The van der Waals surface area contributed by atoms with Crippen LogP contribution in [0.15, 0.2) is 18.2 Å². The van der Waals surface area contributed by atoms with Crippen molar-refractivity contribution in [2.45, 2.75) is 38.2 Å². The van der Waals surface area contributed by atoms with Gasteiger partial charge >= 0.3 is 5.97 Å². The van der Waals surface area contributed by atoms with Crippen LogP contribution >= 0.6 is 0 Å². The molecule has 1 amide bonds. The summed E-state index contributed by atoms with van der Waals surface area (Å²) >= 11 is 0. The summed E-state index contributed by atoms with van der Waals surface area (Å²) in [4.78, 5) is 26.8. The van der Waals surface area contributed by atoms with Crippen LogP contribution in [0.3, 0.4) is 0 Å². The Morgan fingerprint density at radius 1 is 1.38 bits per heavy atom. The third-order valence-corrected chi connectivity index (χ3v) is 5.62. The Kier molecular flexibility index (Phi) is 5.51. The molecule has 0 unspecified atom stereocenters. The van der Waals surface area contributed by atoms with Crippen LogP contribution in [0.2, 0.25) is 0 Å². The zero-order chi connectivity index (χ0) is 18.7. The molecule has 1 fully saturated rings. The maximum atomic E-state index is 12.7. The van der Waals surface area contributed by atoms with E-state index in [2.05, 4.69) is 12.2 Å². The Morgan fingerprint density at radius 2 is 2.12 bits per heavy atom. The van der Waals surface area contributed by atoms with E-state index in [4.69, 9.17) is 9.47 Å². The SMILES string of the molecule is CCNCCN(C)C(=O)[C@H]1CC[C@@]2(CC1)OC(=O)c1cc(OC)ccc12. The molecular formula is C20H28N2O4. The Labute approximate surface area is 154 Å². The molecule has 3 rings (SSSR count). The van der Waals surface area contributed by atoms with Gasteiger partial charge in [-0.25, -0.2) is 4.79 Å². The standard InChI is InChI=1S/C20H28N2O4/c1-4-21-11-12-22(2)18(23)14-7-9-20(10-8-14)17-6-5-15(25-3)13-16(17)19(24)26-20/h5-6,13-14,21H,4,7-12H2,1-3H3/t14-,20-. The van der Waals surface area contributed by atoms with Crippen LogP contribution in [0.5, 0.6) is 5.75 Å². The quantitative estimate of drug-likeness (QED) is 0.623. The number of nitrogens with one attached hydrogen (secondary N) is 1. The molecule has 0 aromatic heterocycles. The van der Waals surface area contributed by atoms with E-state index < -0.39 is 5.60 Å². The van der Waals surface area contributed by atoms with Gasteiger partial charge in [-0.3, -0.25) is 4.79 Å². The number of amides is 1. The van der Waals surface area contributed by atoms with Gasteiger partial charge in [0.2, 0.25) is 5.91 Å². The van der Waals surface area contributed by atoms with Crippen molar-refractivity contribution in [3.8, 4) is 5.75 Å². The first-order chi connectivity index (χ1) is 12.5. The summed E-state index contributed by atoms with van der Waals surface area (Å²) in [5, 5.41) is 3.24. The van der Waals surface area contributed by atoms with Gasteiger partial charge in [0, 0.05) is 31.6 Å². The number of hydrogen-bond acceptors (Lipinski definition) is 5. The van der Waals surface area contributed by atoms with Crippen molar-refractivity contribution in [1.82, 2.24) is 10.2 Å². The number of carbonyl (C=O) groups is 2. The monoisotopic (exact) mass is 360 g/mol. The average molecular weight is 360 g/mol. The van der Waals surface area contributed by atoms with Crippen molar-refractivity contribution in [3.63, 3.8) is 0 Å². The van der Waals surface area contributed by atoms with Crippen LogP contribution < -0.4 is 10.1 Å². The van der Waals surface area contributed by atoms with Crippen molar-refractivity contribution < 1.29 is 19.1 Å². The lowest BCUT2D eigenvalue weighted by Gasteiger charge is -2.37. The van der Waals surface area contributed by atoms with Gasteiger partial charge in [-0.1, -0.05) is 13.0 Å². The molecule has 0 atom stereocenters. The van der Waals surface area contributed by atoms with Crippen molar-refractivity contribution in [3.05, 3.63) is 29.3 Å². The first-order valence-electron chi connectivity index (χ1n) is 9.38. The molecule has 6 nitrogen and oxygen atoms in total. The maximum absolute atomic E-state index is 12.7. The fourth-order valence-corrected chi connectivity index (χ4v) is 4.05. The second kappa shape index (κ2) is 7.66. The van der Waals surface area contributed by atoms with Gasteiger partial charge in [-0.15, -0.1) is 0 Å². The summed E-state index contributed by atoms with van der Waals surface area (Å²) in [7, 11) is 3.45. The molecule has 2 aliphatic rings. The molecule has 1 aromatic rings. The highest BCUT2D eigenvalue weighted by molar-refractivity contribution is 5.95. The first-order valence-corrected chi connectivity index (χ1v) is 9.38. The van der Waals surface area contributed by atoms with Gasteiger partial charge < -0.3 is 19.7 Å². The largest absolute Gasteiger partial charge is 0.497 e. The lowest BCUT2D eigenvalue weighted by Crippen LogP contribution is -2.41. The summed E-state index contributed by atoms with van der Waals surface area (Å²) in [6.07, 6.45) is 2.86. The highest BCUT2D eigenvalue weighted by atomic mass is 16.6. The summed E-state index contributed by atoms with van der Waals surface area (Å²) < 4.78 is 11.0. The molecule has 1 aliphatic heterocycles. The summed E-state index contributed by atoms with van der Waals surface area (Å²) in [5.41, 5.74) is 0.962. The van der Waals surface area contributed by atoms with Gasteiger partial charge in [0.05, 0.1) is 12.7 Å². The predicted octanol–water partition coefficient (Wildman–Crippen LogP) is 2.32. The molecular weight excluding hydrogens is 332 g/mol. The number of hydrogen-bond donors (Lipinski definition) is 1. The number of likely N-dealkylation sites (N-methyl/N-ethyl adjacent to an activating group) is 2. The molecule has 6 heteroatoms. The van der Waals surface area contributed by atoms with Crippen molar-refractivity contribution in [2.24, 2.45) is 5.92 Å². The average Bonchev–Trinajstić information content (AvgIpc) is 2.93. The molecule has 26 heavy (non-hydrogen) atoms. The number of rotatable bonds is 6. The summed E-state index contributed by atoms with van der Waals surface area (Å²) in [6, 6.07) is 5.55. The zero-order valence-corrected chi connectivity index (χ0v) is 15.8. The Balaban J connectivity index is 1.66. The third kappa shape index (κ3) is 3.43. The number of fused-ring (bicyclic) bond motifs is 2. The molecule has 1 aliphatic carbocycles. The molecule has 1 saturated carbocycles. The fraction of sp³-hybridized carbons (Fsp3) is 0.600. The number of methoxy groups -OCH3 is 1. The van der Waals surface area contributed by atoms with Gasteiger partial charge in [-0.05, 0) is 44.4 Å². The van der Waals surface area contributed by atoms with E-state index in [-0.39, 0.29) is 17.8 Å². The topological polar surface area (TPSA) is 67.9 Å². The summed E-state index contributed by atoms with van der Waals surface area (Å²) in [6.45, 7) is 4.48. The van der Waals surface area contributed by atoms with E-state index in [1.807, 2.05) is 24.1 Å². The molecule has 0 saturated heterocycles. The lowest BCUT2D eigenvalue weighted by atomic mass is 9.74. The van der Waals surface area contributed by atoms with E-state index >= 15 is 0 Å². The molecule has 142 valence electrons. The predicted molar refractivity (Wildman–Crippen MR) is 98.2 cm³/mol. The molecule has 0 bridgehead atoms. The molecule has 0 radical (unpaired) electrons. The molecule has 1 aromatic carbocycles. The van der Waals surface area contributed by atoms with Crippen molar-refractivity contribution >= 4 is 11.9 Å². The first kappa shape index (κ1) is 18.7. The minimum Gasteiger partial charge on any atom is -0.497 e. The Morgan fingerprint density at radius 3 is 2.77 bits per heavy atom. The molecule has 1 N–H and O–H groups in total. The highest BCUT2D eigenvalue weighted by Crippen LogP contribution is 2.48. The third-order valence-electron chi connectivity index (χ3n) is 5.62. The minimum atomic E-state index is -0.572. The fourth-order valence-electron chi connectivity index (χ4n) is 4.05. The van der Waals surface area contributed by atoms with E-state index in [1.165, 1.54) is 0 Å². The van der Waals surface area contributed by atoms with E-state index in [0.29, 0.717) is 30.7 Å². The maximum Gasteiger partial charge on any atom is 0.339 e. The van der Waals surface area contributed by atoms with Crippen molar-refractivity contribution in [2.75, 3.05) is 33.8 Å². The van der Waals surface area contributed by atoms with Gasteiger partial charge in [-0.2, -0.15) is 0 Å². The van der Waals surface area contributed by atoms with Crippen LogP contribution in [-0.2, 0) is 15.1 Å². The zero-order valence-electron chi connectivity index (χ0n) is 15.8. The normalized spacial score (nSPS) is 24.3. The number of ether oxygens (including phenoxy) is 2. The van der Waals surface area contributed by atoms with Gasteiger partial charge in [0.15, 0.2) is 0 Å². The molecule has 1 heterocycles. The van der Waals surface area contributed by atoms with Crippen LogP contribution in [0.4, 0.5) is 0 Å². The highest BCUT2D eigenvalue weighted by Gasteiger charge is 2.48. The molecule has 1 spiro atoms. The van der Waals surface area contributed by atoms with Gasteiger partial charge in [0.25, 0.3) is 0 Å². The van der Waals surface area contributed by atoms with Crippen LogP contribution in [0.25, 0.3) is 0 Å². The van der Waals surface area contributed by atoms with E-state index in [1.54, 1.807) is 13.2 Å². The van der Waals surface area contributed by atoms with Crippen LogP contribution in [0, 0.1) is 5.92 Å². The van der Waals surface area contributed by atoms with E-state index in [0.717, 1.165) is 31.5 Å². The number of nitrogens with zero attached hydrogens (tertiary/aromatic N) is 1. The Bertz CT molecular complexity index is 680. The number of esters is 1.